The van der Waals surface area contributed by atoms with Gasteiger partial charge in [-0.05, 0) is 24.8 Å². The first-order chi connectivity index (χ1) is 8.22. The molecule has 2 rings (SSSR count). The molecular weight excluding hydrogens is 220 g/mol. The fourth-order valence-corrected chi connectivity index (χ4v) is 1.93. The molecular formula is C12H16N2O3. The second-order valence-electron chi connectivity index (χ2n) is 4.32. The molecule has 0 saturated heterocycles. The third kappa shape index (κ3) is 2.94. The van der Waals surface area contributed by atoms with Crippen LogP contribution in [0.25, 0.3) is 0 Å². The highest BCUT2D eigenvalue weighted by Gasteiger charge is 2.32. The largest absolute Gasteiger partial charge is 0.383 e. The van der Waals surface area contributed by atoms with E-state index in [-0.39, 0.29) is 16.7 Å². The molecule has 1 saturated carbocycles. The number of benzene rings is 1. The predicted molar refractivity (Wildman–Crippen MR) is 65.1 cm³/mol. The Kier molecular flexibility index (Phi) is 3.58. The molecule has 0 aliphatic heterocycles. The average Bonchev–Trinajstić information content (AvgIpc) is 3.13. The van der Waals surface area contributed by atoms with Gasteiger partial charge in [0.15, 0.2) is 0 Å². The van der Waals surface area contributed by atoms with Crippen LogP contribution in [0.15, 0.2) is 24.3 Å². The van der Waals surface area contributed by atoms with Gasteiger partial charge in [0.2, 0.25) is 0 Å². The van der Waals surface area contributed by atoms with Crippen molar-refractivity contribution in [2.24, 2.45) is 5.92 Å². The van der Waals surface area contributed by atoms with E-state index in [0.29, 0.717) is 18.2 Å². The zero-order chi connectivity index (χ0) is 12.3. The molecule has 1 aromatic rings. The Labute approximate surface area is 99.9 Å². The summed E-state index contributed by atoms with van der Waals surface area (Å²) in [6.07, 6.45) is 2.34. The summed E-state index contributed by atoms with van der Waals surface area (Å²) in [6.45, 7) is 0.580. The van der Waals surface area contributed by atoms with Gasteiger partial charge < -0.3 is 10.1 Å². The van der Waals surface area contributed by atoms with Crippen molar-refractivity contribution in [3.8, 4) is 0 Å². The van der Waals surface area contributed by atoms with Crippen LogP contribution in [0.5, 0.6) is 0 Å². The molecule has 0 bridgehead atoms. The van der Waals surface area contributed by atoms with Gasteiger partial charge in [-0.2, -0.15) is 0 Å². The van der Waals surface area contributed by atoms with Crippen molar-refractivity contribution in [3.05, 3.63) is 34.4 Å². The summed E-state index contributed by atoms with van der Waals surface area (Å²) in [5.41, 5.74) is 0.695. The van der Waals surface area contributed by atoms with Crippen LogP contribution in [0, 0.1) is 16.0 Å². The molecule has 1 aliphatic rings. The molecule has 92 valence electrons. The van der Waals surface area contributed by atoms with Crippen LogP contribution < -0.4 is 5.32 Å². The summed E-state index contributed by atoms with van der Waals surface area (Å²) in [4.78, 5) is 10.5. The van der Waals surface area contributed by atoms with E-state index in [1.165, 1.54) is 18.9 Å². The first-order valence-corrected chi connectivity index (χ1v) is 5.71. The number of methoxy groups -OCH3 is 1. The van der Waals surface area contributed by atoms with E-state index in [9.17, 15) is 10.1 Å². The maximum Gasteiger partial charge on any atom is 0.292 e. The maximum absolute atomic E-state index is 10.9. The molecule has 5 nitrogen and oxygen atoms in total. The van der Waals surface area contributed by atoms with Crippen molar-refractivity contribution in [1.82, 2.24) is 0 Å². The third-order valence-corrected chi connectivity index (χ3v) is 2.98. The SMILES string of the molecule is COCC(Nc1ccccc1[N+](=O)[O-])C1CC1. The van der Waals surface area contributed by atoms with Crippen molar-refractivity contribution < 1.29 is 9.66 Å². The Morgan fingerprint density at radius 2 is 2.24 bits per heavy atom. The first kappa shape index (κ1) is 11.9. The predicted octanol–water partition coefficient (Wildman–Crippen LogP) is 2.43. The van der Waals surface area contributed by atoms with Crippen LogP contribution in [0.2, 0.25) is 0 Å². The van der Waals surface area contributed by atoms with Gasteiger partial charge in [-0.15, -0.1) is 0 Å². The molecule has 17 heavy (non-hydrogen) atoms. The Bertz CT molecular complexity index is 404. The second-order valence-corrected chi connectivity index (χ2v) is 4.32. The molecule has 0 heterocycles. The van der Waals surface area contributed by atoms with E-state index in [2.05, 4.69) is 5.32 Å². The lowest BCUT2D eigenvalue weighted by molar-refractivity contribution is -0.384. The summed E-state index contributed by atoms with van der Waals surface area (Å²) >= 11 is 0. The van der Waals surface area contributed by atoms with Crippen LogP contribution >= 0.6 is 0 Å². The van der Waals surface area contributed by atoms with Crippen LogP contribution in [-0.2, 0) is 4.74 Å². The van der Waals surface area contributed by atoms with Gasteiger partial charge in [-0.1, -0.05) is 12.1 Å². The summed E-state index contributed by atoms with van der Waals surface area (Å²) in [7, 11) is 1.65. The fourth-order valence-electron chi connectivity index (χ4n) is 1.93. The van der Waals surface area contributed by atoms with Gasteiger partial charge in [0.1, 0.15) is 5.69 Å². The first-order valence-electron chi connectivity index (χ1n) is 5.71. The Hall–Kier alpha value is -1.62. The Morgan fingerprint density at radius 1 is 1.53 bits per heavy atom. The van der Waals surface area contributed by atoms with Crippen molar-refractivity contribution in [1.29, 1.82) is 0 Å². The highest BCUT2D eigenvalue weighted by molar-refractivity contribution is 5.61. The quantitative estimate of drug-likeness (QED) is 0.608. The summed E-state index contributed by atoms with van der Waals surface area (Å²) < 4.78 is 5.15. The number of hydrogen-bond acceptors (Lipinski definition) is 4. The summed E-state index contributed by atoms with van der Waals surface area (Å²) in [5.74, 6) is 0.578. The number of ether oxygens (including phenoxy) is 1. The van der Waals surface area contributed by atoms with E-state index >= 15 is 0 Å². The van der Waals surface area contributed by atoms with Crippen molar-refractivity contribution in [3.63, 3.8) is 0 Å². The number of nitrogens with one attached hydrogen (secondary N) is 1. The molecule has 5 heteroatoms. The zero-order valence-corrected chi connectivity index (χ0v) is 9.76. The normalized spacial score (nSPS) is 16.5. The molecule has 1 N–H and O–H groups in total. The highest BCUT2D eigenvalue weighted by atomic mass is 16.6. The molecule has 1 aromatic carbocycles. The van der Waals surface area contributed by atoms with Crippen molar-refractivity contribution >= 4 is 11.4 Å². The lowest BCUT2D eigenvalue weighted by Gasteiger charge is -2.18. The molecule has 0 radical (unpaired) electrons. The monoisotopic (exact) mass is 236 g/mol. The lowest BCUT2D eigenvalue weighted by atomic mass is 10.1. The topological polar surface area (TPSA) is 64.4 Å². The van der Waals surface area contributed by atoms with Gasteiger partial charge in [-0.3, -0.25) is 10.1 Å². The number of nitrogens with zero attached hydrogens (tertiary/aromatic N) is 1. The Balaban J connectivity index is 2.13. The average molecular weight is 236 g/mol. The molecule has 1 unspecified atom stereocenters. The molecule has 0 amide bonds. The molecule has 1 fully saturated rings. The van der Waals surface area contributed by atoms with E-state index in [1.807, 2.05) is 0 Å². The van der Waals surface area contributed by atoms with E-state index in [4.69, 9.17) is 4.74 Å². The minimum atomic E-state index is -0.362. The summed E-state index contributed by atoms with van der Waals surface area (Å²) in [5, 5.41) is 14.1. The minimum absolute atomic E-state index is 0.120. The van der Waals surface area contributed by atoms with Gasteiger partial charge in [0.25, 0.3) is 5.69 Å². The van der Waals surface area contributed by atoms with Crippen molar-refractivity contribution in [2.45, 2.75) is 18.9 Å². The number of hydrogen-bond donors (Lipinski definition) is 1. The van der Waals surface area contributed by atoms with Crippen LogP contribution in [0.4, 0.5) is 11.4 Å². The van der Waals surface area contributed by atoms with Crippen molar-refractivity contribution in [2.75, 3.05) is 19.0 Å². The fraction of sp³-hybridized carbons (Fsp3) is 0.500. The molecule has 0 spiro atoms. The van der Waals surface area contributed by atoms with Gasteiger partial charge in [0, 0.05) is 13.2 Å². The number of nitro benzene ring substituents is 1. The van der Waals surface area contributed by atoms with E-state index in [1.54, 1.807) is 25.3 Å². The van der Waals surface area contributed by atoms with E-state index in [0.717, 1.165) is 0 Å². The second kappa shape index (κ2) is 5.14. The lowest BCUT2D eigenvalue weighted by Crippen LogP contribution is -2.27. The smallest absolute Gasteiger partial charge is 0.292 e. The summed E-state index contributed by atoms with van der Waals surface area (Å²) in [6, 6.07) is 6.89. The number of para-hydroxylation sites is 2. The number of anilines is 1. The molecule has 1 aliphatic carbocycles. The zero-order valence-electron chi connectivity index (χ0n) is 9.76. The van der Waals surface area contributed by atoms with E-state index < -0.39 is 0 Å². The number of nitro groups is 1. The minimum Gasteiger partial charge on any atom is -0.383 e. The van der Waals surface area contributed by atoms with Crippen LogP contribution in [-0.4, -0.2) is 24.7 Å². The van der Waals surface area contributed by atoms with Crippen LogP contribution in [0.3, 0.4) is 0 Å². The van der Waals surface area contributed by atoms with Crippen LogP contribution in [0.1, 0.15) is 12.8 Å². The highest BCUT2D eigenvalue weighted by Crippen LogP contribution is 2.35. The van der Waals surface area contributed by atoms with Gasteiger partial charge >= 0.3 is 0 Å². The Morgan fingerprint density at radius 3 is 2.82 bits per heavy atom. The maximum atomic E-state index is 10.9. The van der Waals surface area contributed by atoms with Gasteiger partial charge in [0.05, 0.1) is 17.6 Å². The van der Waals surface area contributed by atoms with Gasteiger partial charge in [-0.25, -0.2) is 0 Å². The third-order valence-electron chi connectivity index (χ3n) is 2.98. The number of rotatable bonds is 6. The molecule has 1 atom stereocenters. The standard InChI is InChI=1S/C12H16N2O3/c1-17-8-11(9-6-7-9)13-10-4-2-3-5-12(10)14(15)16/h2-5,9,11,13H,6-8H2,1H3. The molecule has 0 aromatic heterocycles.